The summed E-state index contributed by atoms with van der Waals surface area (Å²) in [6, 6.07) is 9.77. The lowest BCUT2D eigenvalue weighted by Crippen LogP contribution is -2.25. The molecule has 0 bridgehead atoms. The molecule has 1 aliphatic carbocycles. The van der Waals surface area contributed by atoms with E-state index < -0.39 is 5.25 Å². The molecule has 35 heavy (non-hydrogen) atoms. The third-order valence-corrected chi connectivity index (χ3v) is 7.63. The highest BCUT2D eigenvalue weighted by Crippen LogP contribution is 2.40. The second kappa shape index (κ2) is 8.98. The van der Waals surface area contributed by atoms with E-state index in [0.717, 1.165) is 51.6 Å². The predicted octanol–water partition coefficient (Wildman–Crippen LogP) is 6.09. The lowest BCUT2D eigenvalue weighted by molar-refractivity contribution is -0.118. The average Bonchev–Trinajstić information content (AvgIpc) is 3.06. The summed E-state index contributed by atoms with van der Waals surface area (Å²) in [6.07, 6.45) is 3.78. The highest BCUT2D eigenvalue weighted by molar-refractivity contribution is 8.15. The van der Waals surface area contributed by atoms with Crippen LogP contribution in [0.4, 0.5) is 4.79 Å². The predicted molar refractivity (Wildman–Crippen MR) is 141 cm³/mol. The van der Waals surface area contributed by atoms with Crippen LogP contribution in [0.3, 0.4) is 0 Å². The van der Waals surface area contributed by atoms with Gasteiger partial charge in [-0.3, -0.25) is 19.7 Å². The number of amides is 2. The molecule has 184 valence electrons. The van der Waals surface area contributed by atoms with Crippen LogP contribution in [0.15, 0.2) is 35.9 Å². The summed E-state index contributed by atoms with van der Waals surface area (Å²) < 4.78 is 0. The van der Waals surface area contributed by atoms with Crippen molar-refractivity contribution >= 4 is 34.8 Å². The molecule has 6 heteroatoms. The third-order valence-electron chi connectivity index (χ3n) is 6.65. The van der Waals surface area contributed by atoms with Crippen molar-refractivity contribution in [1.29, 1.82) is 0 Å². The van der Waals surface area contributed by atoms with E-state index in [4.69, 9.17) is 0 Å². The zero-order chi connectivity index (χ0) is 25.7. The summed E-state index contributed by atoms with van der Waals surface area (Å²) in [5.41, 5.74) is 5.43. The quantitative estimate of drug-likeness (QED) is 0.507. The van der Waals surface area contributed by atoms with E-state index in [2.05, 4.69) is 46.9 Å². The number of phenolic OH excluding ortho intramolecular Hbond substituents is 1. The molecule has 1 atom stereocenters. The van der Waals surface area contributed by atoms with Crippen LogP contribution in [0.2, 0.25) is 0 Å². The standard InChI is InChI=1S/C29H33NO4S/c1-28(2,3)21-13-17(14-22(25(21)32)29(4,5)6)11-19-10-9-18-8-7-16(12-20(18)24(19)31)15-23-26(33)30-27(34)35-23/h7-8,11-14,23,32H,9-10,15H2,1-6H3,(H,30,33,34). The van der Waals surface area contributed by atoms with Gasteiger partial charge in [0.15, 0.2) is 5.78 Å². The summed E-state index contributed by atoms with van der Waals surface area (Å²) in [6.45, 7) is 12.4. The first-order valence-electron chi connectivity index (χ1n) is 12.0. The SMILES string of the molecule is CC(C)(C)c1cc(C=C2CCc3ccc(CC4SC(=O)NC4=O)cc3C2=O)cc(C(C)(C)C)c1O. The van der Waals surface area contributed by atoms with E-state index in [1.807, 2.05) is 36.4 Å². The minimum absolute atomic E-state index is 0.00426. The van der Waals surface area contributed by atoms with Crippen molar-refractivity contribution in [2.24, 2.45) is 0 Å². The minimum Gasteiger partial charge on any atom is -0.507 e. The normalized spacial score (nSPS) is 19.8. The highest BCUT2D eigenvalue weighted by Gasteiger charge is 2.32. The fourth-order valence-corrected chi connectivity index (χ4v) is 5.56. The average molecular weight is 492 g/mol. The van der Waals surface area contributed by atoms with Crippen molar-refractivity contribution in [1.82, 2.24) is 5.32 Å². The molecule has 1 saturated heterocycles. The van der Waals surface area contributed by atoms with Gasteiger partial charge in [-0.25, -0.2) is 0 Å². The van der Waals surface area contributed by atoms with Crippen LogP contribution < -0.4 is 5.32 Å². The molecule has 1 aliphatic heterocycles. The largest absolute Gasteiger partial charge is 0.507 e. The lowest BCUT2D eigenvalue weighted by Gasteiger charge is -2.28. The van der Waals surface area contributed by atoms with Crippen molar-refractivity contribution in [3.8, 4) is 5.75 Å². The van der Waals surface area contributed by atoms with Crippen molar-refractivity contribution in [3.05, 3.63) is 69.3 Å². The van der Waals surface area contributed by atoms with Crippen LogP contribution in [0.5, 0.6) is 5.75 Å². The Hall–Kier alpha value is -2.86. The summed E-state index contributed by atoms with van der Waals surface area (Å²) >= 11 is 1.00. The first-order valence-corrected chi connectivity index (χ1v) is 12.9. The van der Waals surface area contributed by atoms with Crippen LogP contribution in [0, 0.1) is 0 Å². The molecule has 2 amide bonds. The number of ketones is 1. The molecule has 0 saturated carbocycles. The molecule has 2 aliphatic rings. The van der Waals surface area contributed by atoms with Crippen LogP contribution in [-0.4, -0.2) is 27.3 Å². The fraction of sp³-hybridized carbons (Fsp3) is 0.414. The monoisotopic (exact) mass is 491 g/mol. The van der Waals surface area contributed by atoms with E-state index in [9.17, 15) is 19.5 Å². The van der Waals surface area contributed by atoms with Gasteiger partial charge in [0.05, 0.1) is 5.25 Å². The number of Topliss-reactive ketones (excluding diaryl/α,β-unsaturated/α-hetero) is 1. The van der Waals surface area contributed by atoms with E-state index in [1.54, 1.807) is 0 Å². The molecular formula is C29H33NO4S. The number of carbonyl (C=O) groups is 3. The van der Waals surface area contributed by atoms with E-state index in [-0.39, 0.29) is 27.8 Å². The zero-order valence-corrected chi connectivity index (χ0v) is 22.1. The molecule has 2 N–H and O–H groups in total. The number of carbonyl (C=O) groups excluding carboxylic acids is 3. The van der Waals surface area contributed by atoms with Crippen molar-refractivity contribution in [3.63, 3.8) is 0 Å². The van der Waals surface area contributed by atoms with Gasteiger partial charge in [0, 0.05) is 22.3 Å². The Morgan fingerprint density at radius 1 is 0.971 bits per heavy atom. The first kappa shape index (κ1) is 25.2. The number of thioether (sulfide) groups is 1. The van der Waals surface area contributed by atoms with Crippen LogP contribution in [-0.2, 0) is 28.5 Å². The number of fused-ring (bicyclic) bond motifs is 1. The Labute approximate surface area is 211 Å². The van der Waals surface area contributed by atoms with Gasteiger partial charge in [0.1, 0.15) is 5.75 Å². The van der Waals surface area contributed by atoms with Gasteiger partial charge < -0.3 is 5.11 Å². The molecule has 5 nitrogen and oxygen atoms in total. The van der Waals surface area contributed by atoms with Gasteiger partial charge in [-0.15, -0.1) is 0 Å². The maximum absolute atomic E-state index is 13.5. The van der Waals surface area contributed by atoms with Gasteiger partial charge in [0.2, 0.25) is 5.91 Å². The number of rotatable bonds is 3. The number of allylic oxidation sites excluding steroid dienone is 1. The summed E-state index contributed by atoms with van der Waals surface area (Å²) in [7, 11) is 0. The number of aryl methyl sites for hydroxylation is 1. The number of hydrogen-bond acceptors (Lipinski definition) is 5. The molecule has 1 fully saturated rings. The number of aromatic hydroxyl groups is 1. The molecular weight excluding hydrogens is 458 g/mol. The number of phenols is 1. The smallest absolute Gasteiger partial charge is 0.286 e. The van der Waals surface area contributed by atoms with E-state index in [0.29, 0.717) is 24.2 Å². The van der Waals surface area contributed by atoms with E-state index in [1.165, 1.54) is 0 Å². The Balaban J connectivity index is 1.69. The molecule has 0 aromatic heterocycles. The van der Waals surface area contributed by atoms with Crippen molar-refractivity contribution in [2.45, 2.75) is 76.9 Å². The van der Waals surface area contributed by atoms with Crippen molar-refractivity contribution in [2.75, 3.05) is 0 Å². The Morgan fingerprint density at radius 2 is 1.60 bits per heavy atom. The number of nitrogens with one attached hydrogen (secondary N) is 1. The summed E-state index contributed by atoms with van der Waals surface area (Å²) in [4.78, 5) is 37.0. The van der Waals surface area contributed by atoms with Gasteiger partial charge in [-0.1, -0.05) is 65.4 Å². The van der Waals surface area contributed by atoms with Gasteiger partial charge >= 0.3 is 0 Å². The van der Waals surface area contributed by atoms with Crippen LogP contribution >= 0.6 is 11.8 Å². The molecule has 0 radical (unpaired) electrons. The fourth-order valence-electron chi connectivity index (χ4n) is 4.70. The molecule has 2 aromatic rings. The number of hydrogen-bond donors (Lipinski definition) is 2. The molecule has 4 rings (SSSR count). The molecule has 0 spiro atoms. The van der Waals surface area contributed by atoms with Gasteiger partial charge in [-0.05, 0) is 71.1 Å². The maximum atomic E-state index is 13.5. The first-order chi connectivity index (χ1) is 16.2. The van der Waals surface area contributed by atoms with E-state index >= 15 is 0 Å². The van der Waals surface area contributed by atoms with Crippen LogP contribution in [0.1, 0.15) is 86.1 Å². The van der Waals surface area contributed by atoms with Crippen LogP contribution in [0.25, 0.3) is 6.08 Å². The molecule has 1 unspecified atom stereocenters. The topological polar surface area (TPSA) is 83.5 Å². The lowest BCUT2D eigenvalue weighted by atomic mass is 9.78. The van der Waals surface area contributed by atoms with Crippen molar-refractivity contribution < 1.29 is 19.5 Å². The highest BCUT2D eigenvalue weighted by atomic mass is 32.2. The second-order valence-electron chi connectivity index (χ2n) is 11.5. The Bertz CT molecular complexity index is 1230. The van der Waals surface area contributed by atoms with Gasteiger partial charge in [0.25, 0.3) is 5.24 Å². The molecule has 2 aromatic carbocycles. The third kappa shape index (κ3) is 5.22. The minimum atomic E-state index is -0.460. The Kier molecular flexibility index (Phi) is 6.47. The Morgan fingerprint density at radius 3 is 2.14 bits per heavy atom. The van der Waals surface area contributed by atoms with Gasteiger partial charge in [-0.2, -0.15) is 0 Å². The summed E-state index contributed by atoms with van der Waals surface area (Å²) in [5.74, 6) is 0.0427. The second-order valence-corrected chi connectivity index (χ2v) is 12.7. The summed E-state index contributed by atoms with van der Waals surface area (Å²) in [5, 5.41) is 12.6. The maximum Gasteiger partial charge on any atom is 0.286 e. The number of benzene rings is 2. The zero-order valence-electron chi connectivity index (χ0n) is 21.2. The molecule has 1 heterocycles. The number of imide groups is 1.